The molecule has 1 saturated heterocycles. The molecule has 0 spiro atoms. The lowest BCUT2D eigenvalue weighted by atomic mass is 10.2. The molecule has 1 aliphatic rings. The van der Waals surface area contributed by atoms with Crippen molar-refractivity contribution in [2.75, 3.05) is 43.4 Å². The van der Waals surface area contributed by atoms with Crippen LogP contribution in [0.2, 0.25) is 0 Å². The lowest BCUT2D eigenvalue weighted by Crippen LogP contribution is -2.30. The molecule has 0 aliphatic carbocycles. The first-order valence-electron chi connectivity index (χ1n) is 8.90. The summed E-state index contributed by atoms with van der Waals surface area (Å²) in [5.41, 5.74) is 2.44. The van der Waals surface area contributed by atoms with E-state index in [4.69, 9.17) is 4.52 Å². The van der Waals surface area contributed by atoms with E-state index < -0.39 is 0 Å². The van der Waals surface area contributed by atoms with Gasteiger partial charge in [0.05, 0.1) is 5.69 Å². The van der Waals surface area contributed by atoms with Crippen molar-refractivity contribution in [1.29, 1.82) is 0 Å². The lowest BCUT2D eigenvalue weighted by molar-refractivity contribution is 0.360. The van der Waals surface area contributed by atoms with Gasteiger partial charge in [-0.3, -0.25) is 0 Å². The number of hydrogen-bond acceptors (Lipinski definition) is 8. The van der Waals surface area contributed by atoms with Crippen LogP contribution >= 0.6 is 0 Å². The number of nitrogens with zero attached hydrogens (tertiary/aromatic N) is 6. The summed E-state index contributed by atoms with van der Waals surface area (Å²) in [6.45, 7) is 6.72. The fourth-order valence-electron chi connectivity index (χ4n) is 3.35. The van der Waals surface area contributed by atoms with Gasteiger partial charge in [0.2, 0.25) is 0 Å². The highest BCUT2D eigenvalue weighted by Crippen LogP contribution is 2.24. The van der Waals surface area contributed by atoms with Gasteiger partial charge in [0.25, 0.3) is 5.71 Å². The van der Waals surface area contributed by atoms with Crippen molar-refractivity contribution in [3.63, 3.8) is 0 Å². The summed E-state index contributed by atoms with van der Waals surface area (Å²) in [6.07, 6.45) is 4.50. The zero-order valence-electron chi connectivity index (χ0n) is 15.1. The predicted octanol–water partition coefficient (Wildman–Crippen LogP) is 2.08. The smallest absolute Gasteiger partial charge is 0.263 e. The van der Waals surface area contributed by atoms with Gasteiger partial charge in [0.15, 0.2) is 0 Å². The molecule has 26 heavy (non-hydrogen) atoms. The highest BCUT2D eigenvalue weighted by molar-refractivity contribution is 5.87. The molecule has 4 heterocycles. The molecule has 0 saturated carbocycles. The van der Waals surface area contributed by atoms with E-state index in [9.17, 15) is 0 Å². The van der Waals surface area contributed by atoms with Crippen LogP contribution < -0.4 is 10.2 Å². The summed E-state index contributed by atoms with van der Waals surface area (Å²) < 4.78 is 5.22. The average Bonchev–Trinajstić information content (AvgIpc) is 2.91. The van der Waals surface area contributed by atoms with Crippen molar-refractivity contribution in [3.05, 3.63) is 35.9 Å². The van der Waals surface area contributed by atoms with E-state index in [1.807, 2.05) is 19.2 Å². The molecule has 8 heteroatoms. The molecular formula is C18H23N7O. The molecule has 0 bridgehead atoms. The van der Waals surface area contributed by atoms with Gasteiger partial charge in [-0.15, -0.1) is 0 Å². The SMILES string of the molecule is Cc1noc2ncnc(NCc3cccnc3N3CCCN(C)CC3)c12. The second-order valence-electron chi connectivity index (χ2n) is 6.65. The van der Waals surface area contributed by atoms with E-state index in [-0.39, 0.29) is 0 Å². The van der Waals surface area contributed by atoms with Gasteiger partial charge in [0, 0.05) is 37.9 Å². The third-order valence-electron chi connectivity index (χ3n) is 4.78. The molecule has 3 aromatic heterocycles. The summed E-state index contributed by atoms with van der Waals surface area (Å²) in [5, 5.41) is 8.21. The number of aryl methyl sites for hydroxylation is 1. The molecule has 1 aliphatic heterocycles. The maximum atomic E-state index is 5.22. The number of likely N-dealkylation sites (N-methyl/N-ethyl adjacent to an activating group) is 1. The molecular weight excluding hydrogens is 330 g/mol. The van der Waals surface area contributed by atoms with E-state index in [1.165, 1.54) is 6.33 Å². The van der Waals surface area contributed by atoms with Crippen LogP contribution in [0, 0.1) is 6.92 Å². The fraction of sp³-hybridized carbons (Fsp3) is 0.444. The summed E-state index contributed by atoms with van der Waals surface area (Å²) in [7, 11) is 2.17. The molecule has 1 fully saturated rings. The van der Waals surface area contributed by atoms with Crippen LogP contribution in [0.5, 0.6) is 0 Å². The summed E-state index contributed by atoms with van der Waals surface area (Å²) in [4.78, 5) is 17.9. The van der Waals surface area contributed by atoms with E-state index in [2.05, 4.69) is 48.3 Å². The Bertz CT molecular complexity index is 894. The fourth-order valence-corrected chi connectivity index (χ4v) is 3.35. The number of nitrogens with one attached hydrogen (secondary N) is 1. The molecule has 136 valence electrons. The highest BCUT2D eigenvalue weighted by atomic mass is 16.5. The molecule has 4 rings (SSSR count). The van der Waals surface area contributed by atoms with Gasteiger partial charge < -0.3 is 19.6 Å². The van der Waals surface area contributed by atoms with Crippen molar-refractivity contribution in [1.82, 2.24) is 25.0 Å². The number of anilines is 2. The maximum Gasteiger partial charge on any atom is 0.263 e. The monoisotopic (exact) mass is 353 g/mol. The van der Waals surface area contributed by atoms with E-state index >= 15 is 0 Å². The topological polar surface area (TPSA) is 83.2 Å². The number of rotatable bonds is 4. The third-order valence-corrected chi connectivity index (χ3v) is 4.78. The van der Waals surface area contributed by atoms with Crippen LogP contribution in [0.3, 0.4) is 0 Å². The minimum Gasteiger partial charge on any atom is -0.365 e. The van der Waals surface area contributed by atoms with Crippen LogP contribution in [0.15, 0.2) is 29.2 Å². The van der Waals surface area contributed by atoms with Crippen molar-refractivity contribution < 1.29 is 4.52 Å². The first-order chi connectivity index (χ1) is 12.7. The highest BCUT2D eigenvalue weighted by Gasteiger charge is 2.17. The summed E-state index contributed by atoms with van der Waals surface area (Å²) >= 11 is 0. The number of hydrogen-bond donors (Lipinski definition) is 1. The van der Waals surface area contributed by atoms with Crippen LogP contribution in [-0.2, 0) is 6.54 Å². The molecule has 1 N–H and O–H groups in total. The third kappa shape index (κ3) is 3.32. The van der Waals surface area contributed by atoms with E-state index in [0.29, 0.717) is 12.3 Å². The quantitative estimate of drug-likeness (QED) is 0.763. The first kappa shape index (κ1) is 16.7. The molecule has 8 nitrogen and oxygen atoms in total. The molecule has 0 atom stereocenters. The first-order valence-corrected chi connectivity index (χ1v) is 8.90. The second kappa shape index (κ2) is 7.25. The molecule has 0 radical (unpaired) electrons. The van der Waals surface area contributed by atoms with E-state index in [0.717, 1.165) is 60.9 Å². The van der Waals surface area contributed by atoms with Gasteiger partial charge in [-0.2, -0.15) is 4.98 Å². The molecule has 0 aromatic carbocycles. The van der Waals surface area contributed by atoms with Gasteiger partial charge in [-0.1, -0.05) is 11.2 Å². The van der Waals surface area contributed by atoms with Crippen LogP contribution in [0.25, 0.3) is 11.1 Å². The largest absolute Gasteiger partial charge is 0.365 e. The zero-order valence-corrected chi connectivity index (χ0v) is 15.1. The summed E-state index contributed by atoms with van der Waals surface area (Å²) in [5.74, 6) is 1.78. The van der Waals surface area contributed by atoms with Crippen molar-refractivity contribution in [3.8, 4) is 0 Å². The number of pyridine rings is 1. The number of fused-ring (bicyclic) bond motifs is 1. The Balaban J connectivity index is 1.56. The van der Waals surface area contributed by atoms with Gasteiger partial charge in [-0.05, 0) is 33.0 Å². The Hall–Kier alpha value is -2.74. The number of aromatic nitrogens is 4. The normalized spacial score (nSPS) is 16.0. The van der Waals surface area contributed by atoms with Gasteiger partial charge in [0.1, 0.15) is 23.3 Å². The average molecular weight is 353 g/mol. The second-order valence-corrected chi connectivity index (χ2v) is 6.65. The maximum absolute atomic E-state index is 5.22. The predicted molar refractivity (Wildman–Crippen MR) is 100 cm³/mol. The lowest BCUT2D eigenvalue weighted by Gasteiger charge is -2.24. The van der Waals surface area contributed by atoms with Gasteiger partial charge in [-0.25, -0.2) is 9.97 Å². The van der Waals surface area contributed by atoms with Crippen molar-refractivity contribution in [2.24, 2.45) is 0 Å². The molecule has 0 amide bonds. The van der Waals surface area contributed by atoms with E-state index in [1.54, 1.807) is 0 Å². The zero-order chi connectivity index (χ0) is 17.9. The minimum absolute atomic E-state index is 0.502. The standard InChI is InChI=1S/C18H23N7O/c1-13-15-16(21-12-22-18(15)26-23-13)20-11-14-5-3-6-19-17(14)25-8-4-7-24(2)9-10-25/h3,5-6,12H,4,7-11H2,1-2H3,(H,20,21,22). The molecule has 0 unspecified atom stereocenters. The van der Waals surface area contributed by atoms with Crippen LogP contribution in [-0.4, -0.2) is 58.2 Å². The minimum atomic E-state index is 0.502. The summed E-state index contributed by atoms with van der Waals surface area (Å²) in [6, 6.07) is 4.09. The van der Waals surface area contributed by atoms with Crippen LogP contribution in [0.4, 0.5) is 11.6 Å². The Morgan fingerprint density at radius 3 is 3.00 bits per heavy atom. The van der Waals surface area contributed by atoms with Crippen molar-refractivity contribution in [2.45, 2.75) is 19.9 Å². The van der Waals surface area contributed by atoms with Gasteiger partial charge >= 0.3 is 0 Å². The molecule has 3 aromatic rings. The van der Waals surface area contributed by atoms with Crippen LogP contribution in [0.1, 0.15) is 17.7 Å². The Kier molecular flexibility index (Phi) is 4.66. The Labute approximate surface area is 152 Å². The Morgan fingerprint density at radius 2 is 2.08 bits per heavy atom. The Morgan fingerprint density at radius 1 is 1.15 bits per heavy atom. The van der Waals surface area contributed by atoms with Crippen molar-refractivity contribution >= 4 is 22.7 Å².